The number of ketones is 1. The van der Waals surface area contributed by atoms with Crippen LogP contribution in [0.1, 0.15) is 18.2 Å². The topological polar surface area (TPSA) is 56.3 Å². The third-order valence-electron chi connectivity index (χ3n) is 1.74. The molecule has 1 heterocycles. The number of rotatable bonds is 4. The number of Topliss-reactive ketones (excluding diaryl/α,β-unsaturated/α-hetero) is 1. The molecule has 0 aromatic carbocycles. The molecular formula is C11H11NO3. The quantitative estimate of drug-likeness (QED) is 0.424. The van der Waals surface area contributed by atoms with Crippen LogP contribution in [0.2, 0.25) is 0 Å². The Morgan fingerprint density at radius 2 is 2.27 bits per heavy atom. The Morgan fingerprint density at radius 3 is 2.80 bits per heavy atom. The van der Waals surface area contributed by atoms with Crippen LogP contribution >= 0.6 is 0 Å². The molecule has 0 saturated carbocycles. The van der Waals surface area contributed by atoms with Gasteiger partial charge in [0.1, 0.15) is 0 Å². The van der Waals surface area contributed by atoms with E-state index in [1.807, 2.05) is 6.92 Å². The van der Waals surface area contributed by atoms with Crippen LogP contribution in [0.25, 0.3) is 6.08 Å². The maximum atomic E-state index is 11.1. The lowest BCUT2D eigenvalue weighted by atomic mass is 10.2. The minimum atomic E-state index is -0.295. The molecule has 0 aliphatic carbocycles. The molecule has 4 nitrogen and oxygen atoms in total. The number of aromatic nitrogens is 1. The minimum absolute atomic E-state index is 0.0237. The van der Waals surface area contributed by atoms with Crippen LogP contribution in [-0.2, 0) is 14.3 Å². The van der Waals surface area contributed by atoms with E-state index in [0.29, 0.717) is 0 Å². The first kappa shape index (κ1) is 11.1. The highest BCUT2D eigenvalue weighted by Gasteiger charge is 2.04. The van der Waals surface area contributed by atoms with Crippen molar-refractivity contribution in [2.24, 2.45) is 0 Å². The molecule has 0 unspecified atom stereocenters. The number of aryl methyl sites for hydroxylation is 1. The summed E-state index contributed by atoms with van der Waals surface area (Å²) < 4.78 is 4.56. The van der Waals surface area contributed by atoms with E-state index < -0.39 is 0 Å². The molecule has 15 heavy (non-hydrogen) atoms. The van der Waals surface area contributed by atoms with Gasteiger partial charge in [0.25, 0.3) is 6.47 Å². The molecule has 1 aromatic rings. The highest BCUT2D eigenvalue weighted by Crippen LogP contribution is 2.08. The van der Waals surface area contributed by atoms with Crippen molar-refractivity contribution >= 4 is 18.3 Å². The first-order valence-electron chi connectivity index (χ1n) is 4.39. The largest absolute Gasteiger partial charge is 0.425 e. The SMILES string of the molecule is CC(=O)C(=Cc1ccnc(C)c1)OC=O. The molecule has 0 bridgehead atoms. The second-order valence-electron chi connectivity index (χ2n) is 3.01. The molecule has 0 N–H and O–H groups in total. The highest BCUT2D eigenvalue weighted by molar-refractivity contribution is 5.96. The number of pyridine rings is 1. The molecule has 0 radical (unpaired) electrons. The monoisotopic (exact) mass is 205 g/mol. The fourth-order valence-corrected chi connectivity index (χ4v) is 1.08. The van der Waals surface area contributed by atoms with Crippen LogP contribution in [0.4, 0.5) is 0 Å². The second kappa shape index (κ2) is 5.05. The summed E-state index contributed by atoms with van der Waals surface area (Å²) in [5, 5.41) is 0. The summed E-state index contributed by atoms with van der Waals surface area (Å²) >= 11 is 0. The van der Waals surface area contributed by atoms with E-state index in [4.69, 9.17) is 0 Å². The number of hydrogen-bond acceptors (Lipinski definition) is 4. The van der Waals surface area contributed by atoms with Gasteiger partial charge in [-0.05, 0) is 30.7 Å². The van der Waals surface area contributed by atoms with Gasteiger partial charge >= 0.3 is 0 Å². The van der Waals surface area contributed by atoms with Crippen molar-refractivity contribution in [1.82, 2.24) is 4.98 Å². The van der Waals surface area contributed by atoms with Crippen LogP contribution in [0, 0.1) is 6.92 Å². The van der Waals surface area contributed by atoms with E-state index in [1.165, 1.54) is 13.0 Å². The van der Waals surface area contributed by atoms with Gasteiger partial charge in [-0.3, -0.25) is 14.6 Å². The van der Waals surface area contributed by atoms with Crippen molar-refractivity contribution < 1.29 is 14.3 Å². The van der Waals surface area contributed by atoms with Crippen molar-refractivity contribution in [3.8, 4) is 0 Å². The van der Waals surface area contributed by atoms with Gasteiger partial charge in [-0.15, -0.1) is 0 Å². The molecule has 1 aromatic heterocycles. The van der Waals surface area contributed by atoms with Crippen LogP contribution in [0.3, 0.4) is 0 Å². The maximum absolute atomic E-state index is 11.1. The summed E-state index contributed by atoms with van der Waals surface area (Å²) in [6, 6.07) is 3.52. The van der Waals surface area contributed by atoms with Crippen molar-refractivity contribution in [2.75, 3.05) is 0 Å². The summed E-state index contributed by atoms with van der Waals surface area (Å²) in [6.45, 7) is 3.41. The number of ether oxygens (including phenoxy) is 1. The van der Waals surface area contributed by atoms with Gasteiger partial charge in [0.05, 0.1) is 0 Å². The lowest BCUT2D eigenvalue weighted by molar-refractivity contribution is -0.129. The summed E-state index contributed by atoms with van der Waals surface area (Å²) in [5.41, 5.74) is 1.60. The second-order valence-corrected chi connectivity index (χ2v) is 3.01. The Morgan fingerprint density at radius 1 is 1.53 bits per heavy atom. The summed E-state index contributed by atoms with van der Waals surface area (Å²) in [7, 11) is 0. The Balaban J connectivity index is 3.01. The van der Waals surface area contributed by atoms with Crippen molar-refractivity contribution in [2.45, 2.75) is 13.8 Å². The zero-order valence-electron chi connectivity index (χ0n) is 8.56. The molecule has 0 aliphatic heterocycles. The third kappa shape index (κ3) is 3.34. The smallest absolute Gasteiger partial charge is 0.298 e. The van der Waals surface area contributed by atoms with Gasteiger partial charge in [-0.25, -0.2) is 0 Å². The molecule has 0 spiro atoms. The summed E-state index contributed by atoms with van der Waals surface area (Å²) in [4.78, 5) is 25.2. The molecule has 0 amide bonds. The molecule has 78 valence electrons. The molecule has 1 rings (SSSR count). The van der Waals surface area contributed by atoms with E-state index in [1.54, 1.807) is 18.3 Å². The van der Waals surface area contributed by atoms with E-state index >= 15 is 0 Å². The highest BCUT2D eigenvalue weighted by atomic mass is 16.5. The first-order valence-corrected chi connectivity index (χ1v) is 4.39. The molecule has 0 atom stereocenters. The zero-order valence-corrected chi connectivity index (χ0v) is 8.56. The fourth-order valence-electron chi connectivity index (χ4n) is 1.08. The van der Waals surface area contributed by atoms with Gasteiger partial charge in [0.2, 0.25) is 0 Å². The van der Waals surface area contributed by atoms with Crippen LogP contribution in [0.5, 0.6) is 0 Å². The number of hydrogen-bond donors (Lipinski definition) is 0. The Bertz CT molecular complexity index is 410. The maximum Gasteiger partial charge on any atom is 0.298 e. The first-order chi connectivity index (χ1) is 7.13. The number of carbonyl (C=O) groups excluding carboxylic acids is 2. The van der Waals surface area contributed by atoms with Gasteiger partial charge in [-0.1, -0.05) is 0 Å². The van der Waals surface area contributed by atoms with E-state index in [2.05, 4.69) is 9.72 Å². The third-order valence-corrected chi connectivity index (χ3v) is 1.74. The van der Waals surface area contributed by atoms with Crippen LogP contribution in [-0.4, -0.2) is 17.2 Å². The van der Waals surface area contributed by atoms with Gasteiger partial charge in [-0.2, -0.15) is 0 Å². The average Bonchev–Trinajstić information content (AvgIpc) is 2.17. The summed E-state index contributed by atoms with van der Waals surface area (Å²) in [6.07, 6.45) is 3.13. The van der Waals surface area contributed by atoms with E-state index in [0.717, 1.165) is 11.3 Å². The minimum Gasteiger partial charge on any atom is -0.425 e. The van der Waals surface area contributed by atoms with Gasteiger partial charge in [0.15, 0.2) is 11.5 Å². The number of carbonyl (C=O) groups is 2. The van der Waals surface area contributed by atoms with Crippen molar-refractivity contribution in [1.29, 1.82) is 0 Å². The summed E-state index contributed by atoms with van der Waals surface area (Å²) in [5.74, 6) is -0.271. The van der Waals surface area contributed by atoms with Crippen molar-refractivity contribution in [3.63, 3.8) is 0 Å². The normalized spacial score (nSPS) is 10.9. The predicted octanol–water partition coefficient (Wildman–Crippen LogP) is 1.49. The van der Waals surface area contributed by atoms with E-state index in [9.17, 15) is 9.59 Å². The average molecular weight is 205 g/mol. The number of allylic oxidation sites excluding steroid dienone is 1. The standard InChI is InChI=1S/C11H11NO3/c1-8-5-10(3-4-12-8)6-11(9(2)14)15-7-13/h3-7H,1-2H3. The lowest BCUT2D eigenvalue weighted by Crippen LogP contribution is -2.00. The molecular weight excluding hydrogens is 194 g/mol. The Kier molecular flexibility index (Phi) is 3.74. The lowest BCUT2D eigenvalue weighted by Gasteiger charge is -2.00. The van der Waals surface area contributed by atoms with Gasteiger partial charge in [0, 0.05) is 18.8 Å². The fraction of sp³-hybridized carbons (Fsp3) is 0.182. The van der Waals surface area contributed by atoms with Crippen LogP contribution < -0.4 is 0 Å². The van der Waals surface area contributed by atoms with Crippen LogP contribution in [0.15, 0.2) is 24.1 Å². The number of nitrogens with zero attached hydrogens (tertiary/aromatic N) is 1. The Hall–Kier alpha value is -1.97. The van der Waals surface area contributed by atoms with E-state index in [-0.39, 0.29) is 18.0 Å². The van der Waals surface area contributed by atoms with Gasteiger partial charge < -0.3 is 4.74 Å². The molecule has 0 aliphatic rings. The van der Waals surface area contributed by atoms with Crippen molar-refractivity contribution in [3.05, 3.63) is 35.3 Å². The molecule has 0 fully saturated rings. The predicted molar refractivity (Wildman–Crippen MR) is 54.8 cm³/mol. The molecule has 4 heteroatoms. The Labute approximate surface area is 87.6 Å². The zero-order chi connectivity index (χ0) is 11.3. The molecule has 0 saturated heterocycles.